The standard InChI is InChI=1S/C17H19NO5/c1-5-21-15-7-6-13(11(3)19)8-14(15)9-22-17(20)16-10(2)18-23-12(16)4/h6-8H,5,9H2,1-4H3. The molecule has 1 aromatic heterocycles. The number of Topliss-reactive ketones (excluding diaryl/α,β-unsaturated/α-hetero) is 1. The number of hydrogen-bond acceptors (Lipinski definition) is 6. The number of hydrogen-bond donors (Lipinski definition) is 0. The van der Waals surface area contributed by atoms with Gasteiger partial charge < -0.3 is 14.0 Å². The van der Waals surface area contributed by atoms with Crippen LogP contribution >= 0.6 is 0 Å². The van der Waals surface area contributed by atoms with Crippen molar-refractivity contribution >= 4 is 11.8 Å². The van der Waals surface area contributed by atoms with E-state index in [1.165, 1.54) is 6.92 Å². The van der Waals surface area contributed by atoms with E-state index in [0.717, 1.165) is 0 Å². The van der Waals surface area contributed by atoms with Crippen molar-refractivity contribution in [1.82, 2.24) is 5.16 Å². The van der Waals surface area contributed by atoms with Crippen molar-refractivity contribution in [3.05, 3.63) is 46.3 Å². The van der Waals surface area contributed by atoms with Gasteiger partial charge in [0.1, 0.15) is 23.7 Å². The van der Waals surface area contributed by atoms with E-state index in [0.29, 0.717) is 40.5 Å². The summed E-state index contributed by atoms with van der Waals surface area (Å²) in [5, 5.41) is 3.73. The molecule has 6 nitrogen and oxygen atoms in total. The minimum Gasteiger partial charge on any atom is -0.493 e. The number of carbonyl (C=O) groups is 2. The lowest BCUT2D eigenvalue weighted by Gasteiger charge is -2.12. The topological polar surface area (TPSA) is 78.6 Å². The smallest absolute Gasteiger partial charge is 0.344 e. The number of ketones is 1. The molecule has 23 heavy (non-hydrogen) atoms. The Labute approximate surface area is 134 Å². The molecule has 0 amide bonds. The molecule has 0 unspecified atom stereocenters. The molecule has 0 atom stereocenters. The van der Waals surface area contributed by atoms with Crippen LogP contribution in [0.3, 0.4) is 0 Å². The molecule has 0 bridgehead atoms. The molecule has 0 aliphatic heterocycles. The normalized spacial score (nSPS) is 10.4. The van der Waals surface area contributed by atoms with Gasteiger partial charge in [-0.05, 0) is 45.9 Å². The number of aryl methyl sites for hydroxylation is 2. The summed E-state index contributed by atoms with van der Waals surface area (Å²) in [4.78, 5) is 23.7. The number of carbonyl (C=O) groups excluding carboxylic acids is 2. The van der Waals surface area contributed by atoms with Gasteiger partial charge in [-0.25, -0.2) is 4.79 Å². The van der Waals surface area contributed by atoms with Crippen LogP contribution in [0.2, 0.25) is 0 Å². The fourth-order valence-corrected chi connectivity index (χ4v) is 2.20. The fourth-order valence-electron chi connectivity index (χ4n) is 2.20. The van der Waals surface area contributed by atoms with Gasteiger partial charge in [0.2, 0.25) is 0 Å². The van der Waals surface area contributed by atoms with E-state index in [1.54, 1.807) is 32.0 Å². The molecule has 0 aliphatic carbocycles. The third-order valence-corrected chi connectivity index (χ3v) is 3.36. The molecular weight excluding hydrogens is 298 g/mol. The third-order valence-electron chi connectivity index (χ3n) is 3.36. The van der Waals surface area contributed by atoms with Crippen LogP contribution in [0.4, 0.5) is 0 Å². The Morgan fingerprint density at radius 1 is 1.26 bits per heavy atom. The predicted molar refractivity (Wildman–Crippen MR) is 82.7 cm³/mol. The first kappa shape index (κ1) is 16.7. The van der Waals surface area contributed by atoms with Crippen molar-refractivity contribution < 1.29 is 23.6 Å². The first-order valence-electron chi connectivity index (χ1n) is 7.30. The fraction of sp³-hybridized carbons (Fsp3) is 0.353. The maximum absolute atomic E-state index is 12.2. The van der Waals surface area contributed by atoms with Crippen LogP contribution in [-0.2, 0) is 11.3 Å². The van der Waals surface area contributed by atoms with Gasteiger partial charge in [0.05, 0.1) is 12.3 Å². The highest BCUT2D eigenvalue weighted by Crippen LogP contribution is 2.23. The quantitative estimate of drug-likeness (QED) is 0.601. The Bertz CT molecular complexity index is 713. The van der Waals surface area contributed by atoms with Crippen LogP contribution in [0.15, 0.2) is 22.7 Å². The zero-order chi connectivity index (χ0) is 17.0. The van der Waals surface area contributed by atoms with Gasteiger partial charge in [0.15, 0.2) is 5.78 Å². The highest BCUT2D eigenvalue weighted by molar-refractivity contribution is 5.94. The third kappa shape index (κ3) is 3.77. The molecule has 1 aromatic carbocycles. The van der Waals surface area contributed by atoms with Gasteiger partial charge in [-0.3, -0.25) is 4.79 Å². The van der Waals surface area contributed by atoms with Crippen molar-refractivity contribution in [2.24, 2.45) is 0 Å². The summed E-state index contributed by atoms with van der Waals surface area (Å²) in [6, 6.07) is 5.07. The number of rotatable bonds is 6. The van der Waals surface area contributed by atoms with E-state index in [1.807, 2.05) is 6.92 Å². The lowest BCUT2D eigenvalue weighted by atomic mass is 10.1. The van der Waals surface area contributed by atoms with E-state index in [-0.39, 0.29) is 12.4 Å². The molecule has 2 aromatic rings. The summed E-state index contributed by atoms with van der Waals surface area (Å²) in [5.41, 5.74) is 1.98. The number of aromatic nitrogens is 1. The summed E-state index contributed by atoms with van der Waals surface area (Å²) in [6.45, 7) is 7.14. The van der Waals surface area contributed by atoms with E-state index < -0.39 is 5.97 Å². The van der Waals surface area contributed by atoms with Gasteiger partial charge in [-0.1, -0.05) is 5.16 Å². The van der Waals surface area contributed by atoms with Gasteiger partial charge in [-0.2, -0.15) is 0 Å². The van der Waals surface area contributed by atoms with Crippen LogP contribution < -0.4 is 4.74 Å². The maximum Gasteiger partial charge on any atom is 0.344 e. The van der Waals surface area contributed by atoms with E-state index >= 15 is 0 Å². The second kappa shape index (κ2) is 7.09. The Hall–Kier alpha value is -2.63. The Balaban J connectivity index is 2.20. The molecule has 0 aliphatic rings. The average Bonchev–Trinajstić information content (AvgIpc) is 2.85. The molecule has 0 fully saturated rings. The zero-order valence-electron chi connectivity index (χ0n) is 13.6. The molecule has 0 saturated heterocycles. The van der Waals surface area contributed by atoms with E-state index in [2.05, 4.69) is 5.16 Å². The van der Waals surface area contributed by atoms with Crippen LogP contribution in [0.5, 0.6) is 5.75 Å². The molecule has 0 spiro atoms. The lowest BCUT2D eigenvalue weighted by molar-refractivity contribution is 0.0467. The summed E-state index contributed by atoms with van der Waals surface area (Å²) < 4.78 is 15.8. The second-order valence-electron chi connectivity index (χ2n) is 5.09. The molecule has 1 heterocycles. The van der Waals surface area contributed by atoms with Gasteiger partial charge in [0, 0.05) is 11.1 Å². The number of esters is 1. The summed E-state index contributed by atoms with van der Waals surface area (Å²) in [5.74, 6) is 0.419. The van der Waals surface area contributed by atoms with E-state index in [9.17, 15) is 9.59 Å². The largest absolute Gasteiger partial charge is 0.493 e. The Kier molecular flexibility index (Phi) is 5.16. The van der Waals surface area contributed by atoms with Crippen LogP contribution in [0.25, 0.3) is 0 Å². The van der Waals surface area contributed by atoms with Crippen molar-refractivity contribution in [2.45, 2.75) is 34.3 Å². The Morgan fingerprint density at radius 3 is 2.57 bits per heavy atom. The van der Waals surface area contributed by atoms with Crippen molar-refractivity contribution in [3.63, 3.8) is 0 Å². The highest BCUT2D eigenvalue weighted by Gasteiger charge is 2.19. The number of benzene rings is 1. The SMILES string of the molecule is CCOc1ccc(C(C)=O)cc1COC(=O)c1c(C)noc1C. The molecule has 0 radical (unpaired) electrons. The van der Waals surface area contributed by atoms with Crippen LogP contribution in [-0.4, -0.2) is 23.5 Å². The van der Waals surface area contributed by atoms with Crippen LogP contribution in [0.1, 0.15) is 51.6 Å². The summed E-state index contributed by atoms with van der Waals surface area (Å²) >= 11 is 0. The van der Waals surface area contributed by atoms with Crippen molar-refractivity contribution in [1.29, 1.82) is 0 Å². The summed E-state index contributed by atoms with van der Waals surface area (Å²) in [7, 11) is 0. The van der Waals surface area contributed by atoms with Gasteiger partial charge in [-0.15, -0.1) is 0 Å². The highest BCUT2D eigenvalue weighted by atomic mass is 16.5. The lowest BCUT2D eigenvalue weighted by Crippen LogP contribution is -2.09. The van der Waals surface area contributed by atoms with Gasteiger partial charge in [0.25, 0.3) is 0 Å². The first-order valence-corrected chi connectivity index (χ1v) is 7.30. The maximum atomic E-state index is 12.2. The van der Waals surface area contributed by atoms with E-state index in [4.69, 9.17) is 14.0 Å². The molecule has 0 saturated carbocycles. The number of ether oxygens (including phenoxy) is 2. The van der Waals surface area contributed by atoms with Crippen LogP contribution in [0, 0.1) is 13.8 Å². The monoisotopic (exact) mass is 317 g/mol. The molecule has 6 heteroatoms. The minimum absolute atomic E-state index is 0.000648. The van der Waals surface area contributed by atoms with Crippen molar-refractivity contribution in [2.75, 3.05) is 6.61 Å². The Morgan fingerprint density at radius 2 is 2.00 bits per heavy atom. The van der Waals surface area contributed by atoms with Gasteiger partial charge >= 0.3 is 5.97 Å². The zero-order valence-corrected chi connectivity index (χ0v) is 13.6. The molecule has 122 valence electrons. The predicted octanol–water partition coefficient (Wildman–Crippen LogP) is 3.25. The molecule has 0 N–H and O–H groups in total. The first-order chi connectivity index (χ1) is 10.9. The van der Waals surface area contributed by atoms with Crippen molar-refractivity contribution in [3.8, 4) is 5.75 Å². The average molecular weight is 317 g/mol. The number of nitrogens with zero attached hydrogens (tertiary/aromatic N) is 1. The molecular formula is C17H19NO5. The second-order valence-corrected chi connectivity index (χ2v) is 5.09. The minimum atomic E-state index is -0.517. The summed E-state index contributed by atoms with van der Waals surface area (Å²) in [6.07, 6.45) is 0. The molecule has 2 rings (SSSR count).